The highest BCUT2D eigenvalue weighted by Crippen LogP contribution is 2.27. The van der Waals surface area contributed by atoms with Crippen LogP contribution in [0.5, 0.6) is 0 Å². The van der Waals surface area contributed by atoms with Crippen LogP contribution in [-0.2, 0) is 6.42 Å². The third-order valence-electron chi connectivity index (χ3n) is 2.97. The molecule has 0 saturated carbocycles. The second-order valence-corrected chi connectivity index (χ2v) is 5.75. The van der Waals surface area contributed by atoms with E-state index < -0.39 is 0 Å². The fraction of sp³-hybridized carbons (Fsp3) is 0.294. The molecular formula is C17H21N3S. The molecule has 2 rings (SSSR count). The molecule has 1 N–H and O–H groups in total. The van der Waals surface area contributed by atoms with Crippen LogP contribution >= 0.6 is 11.8 Å². The number of allylic oxidation sites excluding steroid dienone is 1. The Kier molecular flexibility index (Phi) is 5.81. The second-order valence-electron chi connectivity index (χ2n) is 4.80. The number of nitrogens with one attached hydrogen (secondary N) is 1. The van der Waals surface area contributed by atoms with E-state index in [9.17, 15) is 0 Å². The molecule has 0 spiro atoms. The molecule has 2 aromatic rings. The standard InChI is InChI=1S/C17H21N3S/c1-4-6-16-18-10-9-17(20-16)19-14-8-7-13(3)15(12-14)21-11-5-2/h5,7-12H,4,6H2,1-3H3,(H,18,19,20)/b11-5-. The lowest BCUT2D eigenvalue weighted by Gasteiger charge is -2.09. The Labute approximate surface area is 130 Å². The minimum atomic E-state index is 0.847. The molecule has 0 fully saturated rings. The molecule has 0 atom stereocenters. The summed E-state index contributed by atoms with van der Waals surface area (Å²) in [5.74, 6) is 1.73. The van der Waals surface area contributed by atoms with Crippen molar-refractivity contribution < 1.29 is 0 Å². The van der Waals surface area contributed by atoms with Crippen LogP contribution in [0.3, 0.4) is 0 Å². The predicted molar refractivity (Wildman–Crippen MR) is 91.2 cm³/mol. The third kappa shape index (κ3) is 4.60. The third-order valence-corrected chi connectivity index (χ3v) is 4.07. The van der Waals surface area contributed by atoms with Crippen LogP contribution in [-0.4, -0.2) is 9.97 Å². The summed E-state index contributed by atoms with van der Waals surface area (Å²) in [7, 11) is 0. The Morgan fingerprint density at radius 3 is 2.90 bits per heavy atom. The van der Waals surface area contributed by atoms with Crippen LogP contribution in [0.15, 0.2) is 46.8 Å². The van der Waals surface area contributed by atoms with Crippen LogP contribution in [0.2, 0.25) is 0 Å². The van der Waals surface area contributed by atoms with Crippen molar-refractivity contribution in [3.05, 3.63) is 53.3 Å². The summed E-state index contributed by atoms with van der Waals surface area (Å²) in [5.41, 5.74) is 2.33. The highest BCUT2D eigenvalue weighted by atomic mass is 32.2. The van der Waals surface area contributed by atoms with Gasteiger partial charge < -0.3 is 5.32 Å². The summed E-state index contributed by atoms with van der Waals surface area (Å²) in [4.78, 5) is 10.1. The van der Waals surface area contributed by atoms with Crippen LogP contribution in [0, 0.1) is 6.92 Å². The number of aromatic nitrogens is 2. The predicted octanol–water partition coefficient (Wildman–Crippen LogP) is 5.11. The summed E-state index contributed by atoms with van der Waals surface area (Å²) < 4.78 is 0. The average molecular weight is 299 g/mol. The van der Waals surface area contributed by atoms with Gasteiger partial charge in [0, 0.05) is 23.2 Å². The number of aryl methyl sites for hydroxylation is 2. The maximum absolute atomic E-state index is 4.53. The number of anilines is 2. The maximum atomic E-state index is 4.53. The number of benzene rings is 1. The van der Waals surface area contributed by atoms with E-state index in [2.05, 4.69) is 52.7 Å². The van der Waals surface area contributed by atoms with Gasteiger partial charge in [-0.15, -0.1) is 0 Å². The number of nitrogens with zero attached hydrogens (tertiary/aromatic N) is 2. The summed E-state index contributed by atoms with van der Waals surface area (Å²) in [6, 6.07) is 8.26. The topological polar surface area (TPSA) is 37.8 Å². The van der Waals surface area contributed by atoms with E-state index in [-0.39, 0.29) is 0 Å². The fourth-order valence-electron chi connectivity index (χ4n) is 1.91. The molecule has 0 aliphatic rings. The minimum absolute atomic E-state index is 0.847. The van der Waals surface area contributed by atoms with Gasteiger partial charge in [0.25, 0.3) is 0 Å². The molecular weight excluding hydrogens is 278 g/mol. The Balaban J connectivity index is 2.17. The monoisotopic (exact) mass is 299 g/mol. The second kappa shape index (κ2) is 7.84. The Morgan fingerprint density at radius 2 is 2.14 bits per heavy atom. The molecule has 1 aromatic carbocycles. The molecule has 1 heterocycles. The number of hydrogen-bond acceptors (Lipinski definition) is 4. The highest BCUT2D eigenvalue weighted by Gasteiger charge is 2.03. The smallest absolute Gasteiger partial charge is 0.134 e. The molecule has 21 heavy (non-hydrogen) atoms. The Morgan fingerprint density at radius 1 is 1.29 bits per heavy atom. The first kappa shape index (κ1) is 15.6. The van der Waals surface area contributed by atoms with Gasteiger partial charge in [-0.05, 0) is 49.4 Å². The lowest BCUT2D eigenvalue weighted by atomic mass is 10.2. The van der Waals surface area contributed by atoms with Gasteiger partial charge in [-0.3, -0.25) is 0 Å². The summed E-state index contributed by atoms with van der Waals surface area (Å²) in [5, 5.41) is 5.45. The van der Waals surface area contributed by atoms with Gasteiger partial charge in [0.05, 0.1) is 0 Å². The molecule has 0 radical (unpaired) electrons. The van der Waals surface area contributed by atoms with E-state index >= 15 is 0 Å². The zero-order valence-electron chi connectivity index (χ0n) is 12.8. The van der Waals surface area contributed by atoms with Crippen molar-refractivity contribution in [1.29, 1.82) is 0 Å². The van der Waals surface area contributed by atoms with Crippen LogP contribution < -0.4 is 5.32 Å². The zero-order chi connectivity index (χ0) is 15.1. The highest BCUT2D eigenvalue weighted by molar-refractivity contribution is 8.02. The molecule has 0 aliphatic carbocycles. The molecule has 110 valence electrons. The largest absolute Gasteiger partial charge is 0.340 e. The lowest BCUT2D eigenvalue weighted by molar-refractivity contribution is 0.836. The molecule has 0 aliphatic heterocycles. The van der Waals surface area contributed by atoms with Crippen LogP contribution in [0.1, 0.15) is 31.7 Å². The molecule has 0 saturated heterocycles. The Bertz CT molecular complexity index is 623. The van der Waals surface area contributed by atoms with E-state index in [0.717, 1.165) is 30.2 Å². The van der Waals surface area contributed by atoms with Crippen molar-refractivity contribution in [2.75, 3.05) is 5.32 Å². The molecule has 1 aromatic heterocycles. The van der Waals surface area contributed by atoms with Crippen LogP contribution in [0.4, 0.5) is 11.5 Å². The number of thioether (sulfide) groups is 1. The van der Waals surface area contributed by atoms with E-state index in [4.69, 9.17) is 0 Å². The SMILES string of the molecule is C/C=C\Sc1cc(Nc2ccnc(CCC)n2)ccc1C. The van der Waals surface area contributed by atoms with Crippen molar-refractivity contribution in [2.45, 2.75) is 38.5 Å². The van der Waals surface area contributed by atoms with Gasteiger partial charge in [0.2, 0.25) is 0 Å². The van der Waals surface area contributed by atoms with Gasteiger partial charge in [0.1, 0.15) is 11.6 Å². The van der Waals surface area contributed by atoms with Crippen molar-refractivity contribution in [3.8, 4) is 0 Å². The van der Waals surface area contributed by atoms with E-state index in [1.807, 2.05) is 25.3 Å². The zero-order valence-corrected chi connectivity index (χ0v) is 13.6. The van der Waals surface area contributed by atoms with Gasteiger partial charge in [-0.25, -0.2) is 9.97 Å². The van der Waals surface area contributed by atoms with Crippen molar-refractivity contribution in [2.24, 2.45) is 0 Å². The summed E-state index contributed by atoms with van der Waals surface area (Å²) in [6.45, 7) is 6.29. The van der Waals surface area contributed by atoms with E-state index in [1.165, 1.54) is 10.5 Å². The van der Waals surface area contributed by atoms with Gasteiger partial charge in [-0.1, -0.05) is 30.8 Å². The summed E-state index contributed by atoms with van der Waals surface area (Å²) >= 11 is 1.73. The lowest BCUT2D eigenvalue weighted by Crippen LogP contribution is -1.99. The van der Waals surface area contributed by atoms with Gasteiger partial charge in [0.15, 0.2) is 0 Å². The first-order chi connectivity index (χ1) is 10.2. The maximum Gasteiger partial charge on any atom is 0.134 e. The molecule has 3 nitrogen and oxygen atoms in total. The Hall–Kier alpha value is -1.81. The van der Waals surface area contributed by atoms with Gasteiger partial charge >= 0.3 is 0 Å². The average Bonchev–Trinajstić information content (AvgIpc) is 2.48. The molecule has 0 bridgehead atoms. The fourth-order valence-corrected chi connectivity index (χ4v) is 2.64. The molecule has 0 unspecified atom stereocenters. The van der Waals surface area contributed by atoms with E-state index in [0.29, 0.717) is 0 Å². The van der Waals surface area contributed by atoms with Crippen molar-refractivity contribution in [1.82, 2.24) is 9.97 Å². The summed E-state index contributed by atoms with van der Waals surface area (Å²) in [6.07, 6.45) is 5.82. The number of hydrogen-bond donors (Lipinski definition) is 1. The first-order valence-electron chi connectivity index (χ1n) is 7.20. The van der Waals surface area contributed by atoms with E-state index in [1.54, 1.807) is 11.8 Å². The van der Waals surface area contributed by atoms with Crippen molar-refractivity contribution in [3.63, 3.8) is 0 Å². The molecule has 4 heteroatoms. The van der Waals surface area contributed by atoms with Gasteiger partial charge in [-0.2, -0.15) is 0 Å². The van der Waals surface area contributed by atoms with Crippen LogP contribution in [0.25, 0.3) is 0 Å². The normalized spacial score (nSPS) is 11.0. The molecule has 0 amide bonds. The quantitative estimate of drug-likeness (QED) is 0.752. The van der Waals surface area contributed by atoms with Crippen molar-refractivity contribution >= 4 is 23.3 Å². The minimum Gasteiger partial charge on any atom is -0.340 e. The first-order valence-corrected chi connectivity index (χ1v) is 8.08. The number of rotatable bonds is 6.